The molecule has 1 atom stereocenters. The van der Waals surface area contributed by atoms with Crippen molar-refractivity contribution in [3.63, 3.8) is 0 Å². The van der Waals surface area contributed by atoms with Gasteiger partial charge in [0.1, 0.15) is 5.75 Å². The molecular weight excluding hydrogens is 385 g/mol. The van der Waals surface area contributed by atoms with E-state index >= 15 is 0 Å². The molecule has 7 nitrogen and oxygen atoms in total. The molecule has 2 rings (SSSR count). The van der Waals surface area contributed by atoms with Crippen LogP contribution in [0.5, 0.6) is 5.75 Å². The van der Waals surface area contributed by atoms with Gasteiger partial charge in [-0.25, -0.2) is 22.0 Å². The third kappa shape index (κ3) is 6.13. The van der Waals surface area contributed by atoms with Crippen LogP contribution < -0.4 is 9.88 Å². The maximum absolute atomic E-state index is 12.5. The summed E-state index contributed by atoms with van der Waals surface area (Å²) in [6, 6.07) is 3.73. The molecular formula is C13H17F3N2O5S2. The van der Waals surface area contributed by atoms with E-state index in [1.807, 2.05) is 0 Å². The first-order valence-electron chi connectivity index (χ1n) is 7.20. The number of benzene rings is 1. The molecule has 0 amide bonds. The van der Waals surface area contributed by atoms with Crippen molar-refractivity contribution in [2.24, 2.45) is 5.14 Å². The number of primary sulfonamides is 1. The highest BCUT2D eigenvalue weighted by molar-refractivity contribution is 7.89. The predicted octanol–water partition coefficient (Wildman–Crippen LogP) is 1.17. The van der Waals surface area contributed by atoms with Crippen molar-refractivity contribution >= 4 is 20.0 Å². The van der Waals surface area contributed by atoms with Crippen molar-refractivity contribution in [3.05, 3.63) is 29.8 Å². The summed E-state index contributed by atoms with van der Waals surface area (Å²) in [5.41, 5.74) is 0.260. The molecule has 1 heterocycles. The van der Waals surface area contributed by atoms with Gasteiger partial charge in [-0.2, -0.15) is 4.31 Å². The van der Waals surface area contributed by atoms with Gasteiger partial charge in [-0.15, -0.1) is 13.2 Å². The van der Waals surface area contributed by atoms with Crippen LogP contribution >= 0.6 is 0 Å². The first-order chi connectivity index (χ1) is 11.4. The number of hydrogen-bond donors (Lipinski definition) is 1. The average Bonchev–Trinajstić information content (AvgIpc) is 2.86. The Bertz CT molecular complexity index is 807. The summed E-state index contributed by atoms with van der Waals surface area (Å²) in [7, 11) is -7.66. The van der Waals surface area contributed by atoms with E-state index in [4.69, 9.17) is 5.14 Å². The van der Waals surface area contributed by atoms with E-state index in [9.17, 15) is 30.0 Å². The number of nitrogens with zero attached hydrogens (tertiary/aromatic N) is 1. The fraction of sp³-hybridized carbons (Fsp3) is 0.538. The van der Waals surface area contributed by atoms with Gasteiger partial charge in [0.25, 0.3) is 0 Å². The Morgan fingerprint density at radius 3 is 2.28 bits per heavy atom. The van der Waals surface area contributed by atoms with Crippen molar-refractivity contribution < 1.29 is 34.7 Å². The van der Waals surface area contributed by atoms with Crippen molar-refractivity contribution in [3.8, 4) is 5.75 Å². The minimum atomic E-state index is -4.83. The molecule has 1 aromatic carbocycles. The van der Waals surface area contributed by atoms with Crippen LogP contribution in [0.4, 0.5) is 13.2 Å². The number of nitrogens with two attached hydrogens (primary N) is 1. The molecule has 0 aromatic heterocycles. The summed E-state index contributed by atoms with van der Waals surface area (Å²) < 4.78 is 88.6. The lowest BCUT2D eigenvalue weighted by molar-refractivity contribution is -0.274. The molecule has 1 saturated heterocycles. The molecule has 142 valence electrons. The Morgan fingerprint density at radius 2 is 1.76 bits per heavy atom. The largest absolute Gasteiger partial charge is 0.573 e. The van der Waals surface area contributed by atoms with Crippen LogP contribution in [0.1, 0.15) is 18.4 Å². The van der Waals surface area contributed by atoms with Crippen molar-refractivity contribution in [2.45, 2.75) is 31.0 Å². The monoisotopic (exact) mass is 402 g/mol. The highest BCUT2D eigenvalue weighted by atomic mass is 32.2. The maximum atomic E-state index is 12.5. The number of halogens is 3. The zero-order valence-corrected chi connectivity index (χ0v) is 14.6. The smallest absolute Gasteiger partial charge is 0.406 e. The van der Waals surface area contributed by atoms with Gasteiger partial charge in [0.2, 0.25) is 20.0 Å². The van der Waals surface area contributed by atoms with Gasteiger partial charge < -0.3 is 4.74 Å². The van der Waals surface area contributed by atoms with Crippen molar-refractivity contribution in [1.29, 1.82) is 0 Å². The van der Waals surface area contributed by atoms with Crippen LogP contribution in [0.3, 0.4) is 0 Å². The minimum Gasteiger partial charge on any atom is -0.406 e. The number of sulfonamides is 2. The van der Waals surface area contributed by atoms with Gasteiger partial charge in [-0.1, -0.05) is 12.1 Å². The van der Waals surface area contributed by atoms with Gasteiger partial charge in [-0.3, -0.25) is 0 Å². The SMILES string of the molecule is NS(=O)(=O)CC1CCCN1S(=O)(=O)Cc1ccc(OC(F)(F)F)cc1. The molecule has 0 saturated carbocycles. The standard InChI is InChI=1S/C13H17F3N2O5S2/c14-13(15,16)23-12-5-3-10(4-6-12)8-25(21,22)18-7-1-2-11(18)9-24(17,19)20/h3-6,11H,1-2,7-9H2,(H2,17,19,20). The van der Waals surface area contributed by atoms with E-state index in [2.05, 4.69) is 4.74 Å². The lowest BCUT2D eigenvalue weighted by atomic mass is 10.2. The molecule has 12 heteroatoms. The Balaban J connectivity index is 2.10. The second-order valence-electron chi connectivity index (χ2n) is 5.68. The molecule has 0 spiro atoms. The summed E-state index contributed by atoms with van der Waals surface area (Å²) in [5.74, 6) is -1.38. The normalized spacial score (nSPS) is 19.9. The fourth-order valence-electron chi connectivity index (χ4n) is 2.69. The molecule has 2 N–H and O–H groups in total. The zero-order valence-electron chi connectivity index (χ0n) is 12.9. The predicted molar refractivity (Wildman–Crippen MR) is 83.5 cm³/mol. The molecule has 0 bridgehead atoms. The van der Waals surface area contributed by atoms with E-state index in [-0.39, 0.29) is 12.1 Å². The Kier molecular flexibility index (Phi) is 5.66. The lowest BCUT2D eigenvalue weighted by Gasteiger charge is -2.23. The zero-order chi connectivity index (χ0) is 18.9. The molecule has 1 unspecified atom stereocenters. The summed E-state index contributed by atoms with van der Waals surface area (Å²) in [4.78, 5) is 0. The third-order valence-electron chi connectivity index (χ3n) is 3.61. The van der Waals surface area contributed by atoms with Crippen LogP contribution in [0.25, 0.3) is 0 Å². The number of hydrogen-bond acceptors (Lipinski definition) is 5. The van der Waals surface area contributed by atoms with E-state index in [0.29, 0.717) is 12.8 Å². The van der Waals surface area contributed by atoms with Gasteiger partial charge >= 0.3 is 6.36 Å². The van der Waals surface area contributed by atoms with Gasteiger partial charge in [0.15, 0.2) is 0 Å². The fourth-order valence-corrected chi connectivity index (χ4v) is 5.49. The average molecular weight is 402 g/mol. The number of rotatable bonds is 6. The molecule has 0 radical (unpaired) electrons. The maximum Gasteiger partial charge on any atom is 0.573 e. The van der Waals surface area contributed by atoms with E-state index < -0.39 is 49.7 Å². The minimum absolute atomic E-state index is 0.178. The molecule has 0 aliphatic carbocycles. The second-order valence-corrected chi connectivity index (χ2v) is 9.26. The molecule has 1 aromatic rings. The number of alkyl halides is 3. The van der Waals surface area contributed by atoms with Gasteiger partial charge in [0.05, 0.1) is 11.5 Å². The Hall–Kier alpha value is -1.37. The molecule has 1 aliphatic rings. The highest BCUT2D eigenvalue weighted by Gasteiger charge is 2.36. The quantitative estimate of drug-likeness (QED) is 0.769. The topological polar surface area (TPSA) is 107 Å². The van der Waals surface area contributed by atoms with Gasteiger partial charge in [-0.05, 0) is 30.5 Å². The Morgan fingerprint density at radius 1 is 1.16 bits per heavy atom. The van der Waals surface area contributed by atoms with Crippen molar-refractivity contribution in [1.82, 2.24) is 4.31 Å². The molecule has 1 aliphatic heterocycles. The van der Waals surface area contributed by atoms with Crippen LogP contribution in [-0.4, -0.2) is 45.8 Å². The van der Waals surface area contributed by atoms with Crippen LogP contribution in [0, 0.1) is 0 Å². The first-order valence-corrected chi connectivity index (χ1v) is 10.5. The van der Waals surface area contributed by atoms with Crippen LogP contribution in [0.15, 0.2) is 24.3 Å². The summed E-state index contributed by atoms with van der Waals surface area (Å²) >= 11 is 0. The van der Waals surface area contributed by atoms with Crippen LogP contribution in [-0.2, 0) is 25.8 Å². The molecule has 25 heavy (non-hydrogen) atoms. The first kappa shape index (κ1) is 19.9. The molecule has 1 fully saturated rings. The third-order valence-corrected chi connectivity index (χ3v) is 6.35. The van der Waals surface area contributed by atoms with Crippen LogP contribution in [0.2, 0.25) is 0 Å². The van der Waals surface area contributed by atoms with Gasteiger partial charge in [0, 0.05) is 12.6 Å². The van der Waals surface area contributed by atoms with E-state index in [0.717, 1.165) is 16.4 Å². The second kappa shape index (κ2) is 7.09. The van der Waals surface area contributed by atoms with Crippen molar-refractivity contribution in [2.75, 3.05) is 12.3 Å². The van der Waals surface area contributed by atoms with E-state index in [1.54, 1.807) is 0 Å². The number of ether oxygens (including phenoxy) is 1. The Labute approximate surface area is 143 Å². The summed E-state index contributed by atoms with van der Waals surface area (Å²) in [6.07, 6.45) is -3.93. The van der Waals surface area contributed by atoms with E-state index in [1.165, 1.54) is 12.1 Å². The highest BCUT2D eigenvalue weighted by Crippen LogP contribution is 2.26. The lowest BCUT2D eigenvalue weighted by Crippen LogP contribution is -2.41. The summed E-state index contributed by atoms with van der Waals surface area (Å²) in [6.45, 7) is 0.178. The summed E-state index contributed by atoms with van der Waals surface area (Å²) in [5, 5.41) is 4.99.